The molecule has 1 heterocycles. The first-order valence-corrected chi connectivity index (χ1v) is 8.94. The molecule has 1 aliphatic heterocycles. The summed E-state index contributed by atoms with van der Waals surface area (Å²) < 4.78 is 12.2. The van der Waals surface area contributed by atoms with Crippen molar-refractivity contribution in [1.29, 1.82) is 0 Å². The fourth-order valence-electron chi connectivity index (χ4n) is 1.79. The van der Waals surface area contributed by atoms with Gasteiger partial charge in [-0.3, -0.25) is 4.79 Å². The summed E-state index contributed by atoms with van der Waals surface area (Å²) in [7, 11) is 0. The minimum absolute atomic E-state index is 0.0509. The molecule has 1 saturated heterocycles. The summed E-state index contributed by atoms with van der Waals surface area (Å²) >= 11 is 4.82. The molecule has 1 aromatic carbocycles. The van der Waals surface area contributed by atoms with Crippen molar-refractivity contribution in [3.05, 3.63) is 22.2 Å². The highest BCUT2D eigenvalue weighted by atomic mass is 79.9. The maximum absolute atomic E-state index is 11.1. The molecule has 2 rings (SSSR count). The molecule has 1 N–H and O–H groups in total. The fraction of sp³-hybridized carbons (Fsp3) is 0.400. The zero-order valence-electron chi connectivity index (χ0n) is 13.1. The second-order valence-electron chi connectivity index (χ2n) is 4.91. The third-order valence-electron chi connectivity index (χ3n) is 2.66. The van der Waals surface area contributed by atoms with Gasteiger partial charge in [0.05, 0.1) is 24.7 Å². The van der Waals surface area contributed by atoms with Crippen molar-refractivity contribution in [1.82, 2.24) is 5.32 Å². The van der Waals surface area contributed by atoms with Crippen LogP contribution in [0.25, 0.3) is 0 Å². The van der Waals surface area contributed by atoms with Gasteiger partial charge in [0, 0.05) is 10.0 Å². The van der Waals surface area contributed by atoms with Gasteiger partial charge in [0.15, 0.2) is 16.7 Å². The second kappa shape index (κ2) is 8.35. The van der Waals surface area contributed by atoms with Gasteiger partial charge < -0.3 is 14.8 Å². The van der Waals surface area contributed by atoms with Crippen molar-refractivity contribution in [2.75, 3.05) is 12.4 Å². The maximum Gasteiger partial charge on any atom is 0.236 e. The number of carbonyl (C=O) groups excluding carboxylic acids is 1. The number of nitrogens with one attached hydrogen (secondary N) is 1. The lowest BCUT2D eigenvalue weighted by Crippen LogP contribution is -2.19. The van der Waals surface area contributed by atoms with Crippen LogP contribution in [0, 0.1) is 0 Å². The molecule has 0 bridgehead atoms. The number of hydrogen-bond donors (Lipinski definition) is 1. The first kappa shape index (κ1) is 17.8. The number of ether oxygens (including phenoxy) is 2. The van der Waals surface area contributed by atoms with E-state index in [9.17, 15) is 4.79 Å². The van der Waals surface area contributed by atoms with Crippen LogP contribution in [0.15, 0.2) is 26.8 Å². The van der Waals surface area contributed by atoms with E-state index in [1.54, 1.807) is 6.21 Å². The highest BCUT2D eigenvalue weighted by Crippen LogP contribution is 2.34. The third-order valence-corrected chi connectivity index (χ3v) is 4.21. The molecular weight excluding hydrogens is 382 g/mol. The molecule has 0 aromatic heterocycles. The number of thioether (sulfide) groups is 1. The Hall–Kier alpha value is -1.54. The second-order valence-corrected chi connectivity index (χ2v) is 6.73. The molecule has 8 heteroatoms. The summed E-state index contributed by atoms with van der Waals surface area (Å²) in [5.41, 5.74) is 0.809. The molecular formula is C15H18BrN3O3S. The number of nitrogens with zero attached hydrogens (tertiary/aromatic N) is 2. The molecule has 6 nitrogen and oxygen atoms in total. The summed E-state index contributed by atoms with van der Waals surface area (Å²) in [6.45, 7) is 6.38. The van der Waals surface area contributed by atoms with Crippen LogP contribution in [0.3, 0.4) is 0 Å². The van der Waals surface area contributed by atoms with Gasteiger partial charge >= 0.3 is 0 Å². The molecule has 1 aliphatic rings. The minimum Gasteiger partial charge on any atom is -0.490 e. The Bertz CT molecular complexity index is 647. The largest absolute Gasteiger partial charge is 0.490 e. The Morgan fingerprint density at radius 1 is 1.43 bits per heavy atom. The van der Waals surface area contributed by atoms with E-state index in [2.05, 4.69) is 31.4 Å². The van der Waals surface area contributed by atoms with E-state index >= 15 is 0 Å². The topological polar surface area (TPSA) is 72.3 Å². The zero-order chi connectivity index (χ0) is 16.8. The van der Waals surface area contributed by atoms with E-state index in [0.717, 1.165) is 10.0 Å². The highest BCUT2D eigenvalue weighted by Gasteiger charge is 2.16. The fourth-order valence-corrected chi connectivity index (χ4v) is 2.84. The molecule has 0 atom stereocenters. The molecule has 1 aromatic rings. The van der Waals surface area contributed by atoms with Gasteiger partial charge in [-0.15, -0.1) is 5.10 Å². The van der Waals surface area contributed by atoms with Crippen LogP contribution >= 0.6 is 27.7 Å². The van der Waals surface area contributed by atoms with E-state index in [1.807, 2.05) is 32.9 Å². The van der Waals surface area contributed by atoms with Gasteiger partial charge in [0.1, 0.15) is 0 Å². The van der Waals surface area contributed by atoms with Crippen LogP contribution in [0.1, 0.15) is 26.3 Å². The quantitative estimate of drug-likeness (QED) is 0.588. The van der Waals surface area contributed by atoms with Crippen molar-refractivity contribution in [3.8, 4) is 11.5 Å². The lowest BCUT2D eigenvalue weighted by Gasteiger charge is -2.15. The molecule has 0 aliphatic carbocycles. The minimum atomic E-state index is -0.0565. The first-order chi connectivity index (χ1) is 11.0. The standard InChI is InChI=1S/C15H18BrN3O3S/c1-4-21-12-5-10(11(16)6-13(12)22-9(2)3)7-17-19-15-18-14(20)8-23-15/h5-7,9H,4,8H2,1-3H3,(H,18,19,20). The summed E-state index contributed by atoms with van der Waals surface area (Å²) in [5.74, 6) is 1.66. The van der Waals surface area contributed by atoms with Crippen LogP contribution in [0.4, 0.5) is 0 Å². The van der Waals surface area contributed by atoms with Crippen LogP contribution in [-0.4, -0.2) is 35.8 Å². The van der Waals surface area contributed by atoms with Crippen LogP contribution in [0.5, 0.6) is 11.5 Å². The first-order valence-electron chi connectivity index (χ1n) is 7.16. The Morgan fingerprint density at radius 3 is 2.83 bits per heavy atom. The summed E-state index contributed by atoms with van der Waals surface area (Å²) in [4.78, 5) is 11.1. The van der Waals surface area contributed by atoms with E-state index in [0.29, 0.717) is 29.0 Å². The monoisotopic (exact) mass is 399 g/mol. The number of carbonyl (C=O) groups is 1. The smallest absolute Gasteiger partial charge is 0.236 e. The lowest BCUT2D eigenvalue weighted by molar-refractivity contribution is -0.116. The number of hydrogen-bond acceptors (Lipinski definition) is 6. The Labute approximate surface area is 147 Å². The Kier molecular flexibility index (Phi) is 6.47. The normalized spacial score (nSPS) is 16.4. The average Bonchev–Trinajstić information content (AvgIpc) is 2.88. The van der Waals surface area contributed by atoms with Gasteiger partial charge in [-0.05, 0) is 48.8 Å². The SMILES string of the molecule is CCOc1cc(C=NN=C2NC(=O)CS2)c(Br)cc1OC(C)C. The van der Waals surface area contributed by atoms with Crippen LogP contribution in [0.2, 0.25) is 0 Å². The molecule has 124 valence electrons. The van der Waals surface area contributed by atoms with Crippen molar-refractivity contribution >= 4 is 45.0 Å². The predicted molar refractivity (Wildman–Crippen MR) is 96.7 cm³/mol. The van der Waals surface area contributed by atoms with Gasteiger partial charge in [0.25, 0.3) is 0 Å². The average molecular weight is 400 g/mol. The summed E-state index contributed by atoms with van der Waals surface area (Å²) in [5, 5.41) is 11.1. The lowest BCUT2D eigenvalue weighted by atomic mass is 10.2. The van der Waals surface area contributed by atoms with Crippen molar-refractivity contribution < 1.29 is 14.3 Å². The number of benzene rings is 1. The molecule has 1 fully saturated rings. The van der Waals surface area contributed by atoms with Gasteiger partial charge in [-0.2, -0.15) is 5.10 Å². The van der Waals surface area contributed by atoms with Crippen molar-refractivity contribution in [2.45, 2.75) is 26.9 Å². The van der Waals surface area contributed by atoms with E-state index in [1.165, 1.54) is 11.8 Å². The highest BCUT2D eigenvalue weighted by molar-refractivity contribution is 9.10. The Morgan fingerprint density at radius 2 is 2.22 bits per heavy atom. The van der Waals surface area contributed by atoms with Crippen LogP contribution < -0.4 is 14.8 Å². The van der Waals surface area contributed by atoms with Crippen molar-refractivity contribution in [3.63, 3.8) is 0 Å². The zero-order valence-corrected chi connectivity index (χ0v) is 15.5. The molecule has 0 radical (unpaired) electrons. The number of amidine groups is 1. The molecule has 1 amide bonds. The molecule has 0 spiro atoms. The van der Waals surface area contributed by atoms with Crippen molar-refractivity contribution in [2.24, 2.45) is 10.2 Å². The maximum atomic E-state index is 11.1. The van der Waals surface area contributed by atoms with Gasteiger partial charge in [0.2, 0.25) is 5.91 Å². The summed E-state index contributed by atoms with van der Waals surface area (Å²) in [6, 6.07) is 3.70. The molecule has 23 heavy (non-hydrogen) atoms. The molecule has 0 saturated carbocycles. The van der Waals surface area contributed by atoms with E-state index in [-0.39, 0.29) is 12.0 Å². The number of amides is 1. The number of halogens is 1. The van der Waals surface area contributed by atoms with E-state index < -0.39 is 0 Å². The van der Waals surface area contributed by atoms with E-state index in [4.69, 9.17) is 9.47 Å². The third kappa shape index (κ3) is 5.24. The van der Waals surface area contributed by atoms with Crippen LogP contribution in [-0.2, 0) is 4.79 Å². The summed E-state index contributed by atoms with van der Waals surface area (Å²) in [6.07, 6.45) is 1.65. The number of rotatable bonds is 6. The Balaban J connectivity index is 2.21. The van der Waals surface area contributed by atoms with Gasteiger partial charge in [-0.1, -0.05) is 11.8 Å². The predicted octanol–water partition coefficient (Wildman–Crippen LogP) is 3.19. The van der Waals surface area contributed by atoms with Gasteiger partial charge in [-0.25, -0.2) is 0 Å². The molecule has 0 unspecified atom stereocenters.